The first kappa shape index (κ1) is 20.2. The first-order valence-corrected chi connectivity index (χ1v) is 8.83. The van der Waals surface area contributed by atoms with Gasteiger partial charge in [0.25, 0.3) is 0 Å². The number of hydrogen-bond donors (Lipinski definition) is 2. The molecule has 0 saturated heterocycles. The van der Waals surface area contributed by atoms with Crippen LogP contribution in [0.5, 0.6) is 0 Å². The van der Waals surface area contributed by atoms with E-state index in [0.29, 0.717) is 28.5 Å². The molecule has 0 aliphatic heterocycles. The molecule has 0 radical (unpaired) electrons. The van der Waals surface area contributed by atoms with Crippen molar-refractivity contribution in [1.82, 2.24) is 19.9 Å². The minimum Gasteiger partial charge on any atom is -0.339 e. The van der Waals surface area contributed by atoms with Crippen LogP contribution in [-0.2, 0) is 10.7 Å². The van der Waals surface area contributed by atoms with Crippen LogP contribution in [0.25, 0.3) is 11.3 Å². The molecule has 9 heteroatoms. The zero-order chi connectivity index (χ0) is 21.2. The first-order valence-electron chi connectivity index (χ1n) is 8.83. The summed E-state index contributed by atoms with van der Waals surface area (Å²) < 4.78 is 27.4. The Kier molecular flexibility index (Phi) is 5.49. The van der Waals surface area contributed by atoms with Gasteiger partial charge in [-0.05, 0) is 25.5 Å². The summed E-state index contributed by atoms with van der Waals surface area (Å²) >= 11 is 0. The number of aryl methyl sites for hydroxylation is 2. The number of pyridine rings is 2. The maximum absolute atomic E-state index is 13.7. The lowest BCUT2D eigenvalue weighted by atomic mass is 10.1. The molecule has 0 aromatic carbocycles. The van der Waals surface area contributed by atoms with Gasteiger partial charge >= 0.3 is 5.92 Å². The fraction of sp³-hybridized carbons (Fsp3) is 0.250. The van der Waals surface area contributed by atoms with Crippen molar-refractivity contribution in [1.29, 1.82) is 0 Å². The molecule has 7 nitrogen and oxygen atoms in total. The van der Waals surface area contributed by atoms with Gasteiger partial charge in [0.2, 0.25) is 11.7 Å². The van der Waals surface area contributed by atoms with Crippen LogP contribution in [0.2, 0.25) is 0 Å². The molecule has 2 N–H and O–H groups in total. The van der Waals surface area contributed by atoms with Crippen LogP contribution >= 0.6 is 0 Å². The number of anilines is 3. The highest BCUT2D eigenvalue weighted by Crippen LogP contribution is 2.31. The Hall–Kier alpha value is -3.49. The lowest BCUT2D eigenvalue weighted by Crippen LogP contribution is -2.14. The number of carbonyl (C=O) groups excluding carboxylic acids is 1. The summed E-state index contributed by atoms with van der Waals surface area (Å²) in [7, 11) is 0. The molecule has 29 heavy (non-hydrogen) atoms. The molecule has 1 amide bonds. The van der Waals surface area contributed by atoms with Crippen LogP contribution in [0.4, 0.5) is 26.1 Å². The zero-order valence-electron chi connectivity index (χ0n) is 16.4. The molecule has 3 heterocycles. The van der Waals surface area contributed by atoms with Crippen LogP contribution in [0.3, 0.4) is 0 Å². The van der Waals surface area contributed by atoms with Gasteiger partial charge in [-0.25, -0.2) is 15.0 Å². The summed E-state index contributed by atoms with van der Waals surface area (Å²) in [6, 6.07) is 6.88. The van der Waals surface area contributed by atoms with Crippen molar-refractivity contribution in [2.24, 2.45) is 0 Å². The van der Waals surface area contributed by atoms with E-state index in [4.69, 9.17) is 0 Å². The number of nitrogens with zero attached hydrogens (tertiary/aromatic N) is 4. The van der Waals surface area contributed by atoms with Gasteiger partial charge in [0, 0.05) is 49.6 Å². The Morgan fingerprint density at radius 2 is 1.79 bits per heavy atom. The second-order valence-electron chi connectivity index (χ2n) is 6.75. The Morgan fingerprint density at radius 3 is 2.41 bits per heavy atom. The van der Waals surface area contributed by atoms with Gasteiger partial charge in [-0.2, -0.15) is 8.78 Å². The number of carbonyl (C=O) groups is 1. The predicted octanol–water partition coefficient (Wildman–Crippen LogP) is 4.36. The van der Waals surface area contributed by atoms with Crippen LogP contribution in [0, 0.1) is 13.8 Å². The Morgan fingerprint density at radius 1 is 1.03 bits per heavy atom. The number of alkyl halides is 2. The molecule has 3 rings (SSSR count). The van der Waals surface area contributed by atoms with Gasteiger partial charge in [0.05, 0.1) is 11.4 Å². The quantitative estimate of drug-likeness (QED) is 0.663. The molecule has 3 aromatic heterocycles. The largest absolute Gasteiger partial charge is 0.339 e. The lowest BCUT2D eigenvalue weighted by Gasteiger charge is -2.15. The van der Waals surface area contributed by atoms with Crippen LogP contribution in [0.15, 0.2) is 36.7 Å². The van der Waals surface area contributed by atoms with Gasteiger partial charge < -0.3 is 10.6 Å². The minimum absolute atomic E-state index is 0.197. The number of aromatic nitrogens is 4. The fourth-order valence-electron chi connectivity index (χ4n) is 2.61. The average molecular weight is 398 g/mol. The first-order chi connectivity index (χ1) is 13.6. The number of rotatable bonds is 5. The van der Waals surface area contributed by atoms with Gasteiger partial charge in [0.15, 0.2) is 0 Å². The van der Waals surface area contributed by atoms with Crippen molar-refractivity contribution in [3.63, 3.8) is 0 Å². The third-order valence-corrected chi connectivity index (χ3v) is 3.90. The van der Waals surface area contributed by atoms with Crippen LogP contribution in [0.1, 0.15) is 30.9 Å². The molecule has 0 unspecified atom stereocenters. The van der Waals surface area contributed by atoms with E-state index in [1.165, 1.54) is 6.92 Å². The number of hydrogen-bond acceptors (Lipinski definition) is 6. The molecule has 0 saturated carbocycles. The molecular formula is C20H20F2N6O. The smallest absolute Gasteiger partial charge is 0.303 e. The molecule has 150 valence electrons. The zero-order valence-corrected chi connectivity index (χ0v) is 16.4. The van der Waals surface area contributed by atoms with Crippen molar-refractivity contribution < 1.29 is 13.6 Å². The van der Waals surface area contributed by atoms with Crippen molar-refractivity contribution >= 4 is 23.2 Å². The van der Waals surface area contributed by atoms with E-state index in [1.54, 1.807) is 31.5 Å². The normalized spacial score (nSPS) is 11.2. The van der Waals surface area contributed by atoms with Crippen LogP contribution < -0.4 is 10.6 Å². The highest BCUT2D eigenvalue weighted by molar-refractivity contribution is 5.89. The minimum atomic E-state index is -3.18. The van der Waals surface area contributed by atoms with Crippen molar-refractivity contribution in [2.75, 3.05) is 10.6 Å². The molecular weight excluding hydrogens is 378 g/mol. The molecule has 3 aromatic rings. The average Bonchev–Trinajstić information content (AvgIpc) is 2.61. The second-order valence-corrected chi connectivity index (χ2v) is 6.75. The van der Waals surface area contributed by atoms with E-state index in [2.05, 4.69) is 30.6 Å². The van der Waals surface area contributed by atoms with E-state index in [-0.39, 0.29) is 11.7 Å². The Balaban J connectivity index is 2.07. The number of nitrogens with one attached hydrogen (secondary N) is 2. The van der Waals surface area contributed by atoms with E-state index < -0.39 is 11.7 Å². The number of halogens is 2. The third kappa shape index (κ3) is 5.07. The van der Waals surface area contributed by atoms with E-state index in [0.717, 1.165) is 12.5 Å². The SMILES string of the molecule is CC(=O)Nc1cc(Nc2cc(C)nc(C(C)(F)F)n2)c(-c2ccc(C)cn2)cn1. The summed E-state index contributed by atoms with van der Waals surface area (Å²) in [5.74, 6) is -3.53. The Bertz CT molecular complexity index is 1050. The molecule has 0 fully saturated rings. The maximum atomic E-state index is 13.7. The lowest BCUT2D eigenvalue weighted by molar-refractivity contribution is -0.114. The predicted molar refractivity (Wildman–Crippen MR) is 106 cm³/mol. The monoisotopic (exact) mass is 398 g/mol. The van der Waals surface area contributed by atoms with E-state index in [1.807, 2.05) is 19.1 Å². The van der Waals surface area contributed by atoms with Gasteiger partial charge in [-0.3, -0.25) is 9.78 Å². The standard InChI is InChI=1S/C20H20F2N6O/c1-11-5-6-15(23-9-11)14-10-24-17(26-13(3)29)8-16(14)27-18-7-12(2)25-19(28-18)20(4,21)22/h5-10H,1-4H3,(H2,24,25,26,27,28,29). The Labute approximate surface area is 166 Å². The molecule has 0 bridgehead atoms. The third-order valence-electron chi connectivity index (χ3n) is 3.90. The van der Waals surface area contributed by atoms with E-state index in [9.17, 15) is 13.6 Å². The summed E-state index contributed by atoms with van der Waals surface area (Å²) in [6.45, 7) is 5.64. The van der Waals surface area contributed by atoms with Gasteiger partial charge in [0.1, 0.15) is 11.6 Å². The summed E-state index contributed by atoms with van der Waals surface area (Å²) in [6.07, 6.45) is 3.26. The highest BCUT2D eigenvalue weighted by Gasteiger charge is 2.29. The van der Waals surface area contributed by atoms with Crippen LogP contribution in [-0.4, -0.2) is 25.8 Å². The second kappa shape index (κ2) is 7.86. The van der Waals surface area contributed by atoms with E-state index >= 15 is 0 Å². The summed E-state index contributed by atoms with van der Waals surface area (Å²) in [5.41, 5.74) is 3.15. The van der Waals surface area contributed by atoms with Crippen molar-refractivity contribution in [2.45, 2.75) is 33.6 Å². The topological polar surface area (TPSA) is 92.7 Å². The maximum Gasteiger partial charge on any atom is 0.303 e. The highest BCUT2D eigenvalue weighted by atomic mass is 19.3. The molecule has 0 spiro atoms. The van der Waals surface area contributed by atoms with Crippen molar-refractivity contribution in [3.05, 3.63) is 53.7 Å². The number of amides is 1. The summed E-state index contributed by atoms with van der Waals surface area (Å²) in [5, 5.41) is 5.64. The molecule has 0 aliphatic rings. The van der Waals surface area contributed by atoms with Crippen molar-refractivity contribution in [3.8, 4) is 11.3 Å². The molecule has 0 aliphatic carbocycles. The van der Waals surface area contributed by atoms with Gasteiger partial charge in [-0.1, -0.05) is 6.07 Å². The molecule has 0 atom stereocenters. The fourth-order valence-corrected chi connectivity index (χ4v) is 2.61. The van der Waals surface area contributed by atoms with Gasteiger partial charge in [-0.15, -0.1) is 0 Å². The summed E-state index contributed by atoms with van der Waals surface area (Å²) in [4.78, 5) is 27.8.